The number of hydrazine groups is 1. The fraction of sp³-hybridized carbons (Fsp3) is 0.222. The number of nitrogens with zero attached hydrogens (tertiary/aromatic N) is 3. The Morgan fingerprint density at radius 2 is 2.11 bits per heavy atom. The van der Waals surface area contributed by atoms with Crippen LogP contribution in [0.4, 0.5) is 4.39 Å². The van der Waals surface area contributed by atoms with Crippen LogP contribution in [0.3, 0.4) is 0 Å². The summed E-state index contributed by atoms with van der Waals surface area (Å²) in [5.41, 5.74) is 6.91. The van der Waals surface area contributed by atoms with Gasteiger partial charge in [0.05, 0.1) is 29.6 Å². The van der Waals surface area contributed by atoms with Gasteiger partial charge < -0.3 is 14.4 Å². The van der Waals surface area contributed by atoms with Crippen LogP contribution in [0.1, 0.15) is 21.7 Å². The summed E-state index contributed by atoms with van der Waals surface area (Å²) < 4.78 is 23.9. The second-order valence-electron chi connectivity index (χ2n) is 5.71. The highest BCUT2D eigenvalue weighted by Crippen LogP contribution is 2.25. The zero-order valence-corrected chi connectivity index (χ0v) is 15.0. The number of aliphatic hydroxyl groups excluding tert-OH is 1. The van der Waals surface area contributed by atoms with Crippen molar-refractivity contribution in [3.05, 3.63) is 59.4 Å². The number of pyridine rings is 2. The molecule has 0 aliphatic carbocycles. The number of carbonyl (C=O) groups excluding carboxylic acids is 1. The Morgan fingerprint density at radius 3 is 2.79 bits per heavy atom. The summed E-state index contributed by atoms with van der Waals surface area (Å²) in [7, 11) is 0. The Labute approximate surface area is 159 Å². The molecule has 3 rings (SSSR count). The summed E-state index contributed by atoms with van der Waals surface area (Å²) in [5, 5.41) is 12.6. The van der Waals surface area contributed by atoms with Crippen molar-refractivity contribution in [2.45, 2.75) is 13.5 Å². The zero-order chi connectivity index (χ0) is 19.9. The molecule has 0 aliphatic rings. The number of aryl methyl sites for hydroxylation is 1. The molecule has 3 aromatic heterocycles. The van der Waals surface area contributed by atoms with E-state index in [9.17, 15) is 9.18 Å². The molecule has 0 bridgehead atoms. The van der Waals surface area contributed by atoms with Gasteiger partial charge in [-0.15, -0.1) is 0 Å². The van der Waals surface area contributed by atoms with Crippen LogP contribution in [0.5, 0.6) is 5.88 Å². The van der Waals surface area contributed by atoms with Gasteiger partial charge in [-0.1, -0.05) is 5.16 Å². The Morgan fingerprint density at radius 1 is 1.25 bits per heavy atom. The van der Waals surface area contributed by atoms with Crippen molar-refractivity contribution in [1.29, 1.82) is 0 Å². The molecule has 9 nitrogen and oxygen atoms in total. The van der Waals surface area contributed by atoms with E-state index >= 15 is 0 Å². The second kappa shape index (κ2) is 9.02. The summed E-state index contributed by atoms with van der Waals surface area (Å²) in [6.45, 7) is 1.99. The third-order valence-corrected chi connectivity index (χ3v) is 3.76. The van der Waals surface area contributed by atoms with Gasteiger partial charge in [0.25, 0.3) is 5.91 Å². The van der Waals surface area contributed by atoms with Crippen LogP contribution in [0.2, 0.25) is 0 Å². The van der Waals surface area contributed by atoms with E-state index in [4.69, 9.17) is 14.4 Å². The predicted molar refractivity (Wildman–Crippen MR) is 95.6 cm³/mol. The van der Waals surface area contributed by atoms with E-state index in [2.05, 4.69) is 26.0 Å². The molecule has 0 fully saturated rings. The normalized spacial score (nSPS) is 10.7. The number of carbonyl (C=O) groups is 1. The fourth-order valence-electron chi connectivity index (χ4n) is 2.30. The Balaban J connectivity index is 1.65. The van der Waals surface area contributed by atoms with Crippen molar-refractivity contribution in [3.8, 4) is 17.3 Å². The molecule has 28 heavy (non-hydrogen) atoms. The maximum atomic E-state index is 13.1. The first-order valence-electron chi connectivity index (χ1n) is 8.38. The fourth-order valence-corrected chi connectivity index (χ4v) is 2.30. The lowest BCUT2D eigenvalue weighted by Gasteiger charge is -2.08. The average Bonchev–Trinajstić information content (AvgIpc) is 3.08. The monoisotopic (exact) mass is 387 g/mol. The van der Waals surface area contributed by atoms with E-state index in [1.807, 2.05) is 0 Å². The van der Waals surface area contributed by atoms with Crippen molar-refractivity contribution in [2.75, 3.05) is 13.2 Å². The summed E-state index contributed by atoms with van der Waals surface area (Å²) in [6.07, 6.45) is 2.47. The number of nitrogens with one attached hydrogen (secondary N) is 2. The third kappa shape index (κ3) is 4.67. The van der Waals surface area contributed by atoms with Gasteiger partial charge in [0.15, 0.2) is 0 Å². The lowest BCUT2D eigenvalue weighted by atomic mass is 10.1. The molecule has 0 radical (unpaired) electrons. The standard InChI is InChI=1S/C18H18FN5O4/c1-11-14(17(24-28-11)15-4-3-13(19)9-20-15)10-27-16-5-2-12(8-21-16)18(26)23-22-6-7-25/h2-5,8-9,22,25H,6-7,10H2,1H3,(H,23,26). The topological polar surface area (TPSA) is 122 Å². The van der Waals surface area contributed by atoms with E-state index in [1.165, 1.54) is 18.3 Å². The molecule has 0 saturated heterocycles. The average molecular weight is 387 g/mol. The highest BCUT2D eigenvalue weighted by Gasteiger charge is 2.17. The van der Waals surface area contributed by atoms with Crippen LogP contribution >= 0.6 is 0 Å². The van der Waals surface area contributed by atoms with Crippen LogP contribution < -0.4 is 15.6 Å². The Bertz CT molecular complexity index is 928. The van der Waals surface area contributed by atoms with E-state index in [1.54, 1.807) is 19.1 Å². The summed E-state index contributed by atoms with van der Waals surface area (Å²) in [4.78, 5) is 20.0. The minimum Gasteiger partial charge on any atom is -0.473 e. The summed E-state index contributed by atoms with van der Waals surface area (Å²) in [6, 6.07) is 5.91. The van der Waals surface area contributed by atoms with Crippen molar-refractivity contribution >= 4 is 5.91 Å². The number of amides is 1. The number of rotatable bonds is 8. The minimum atomic E-state index is -0.443. The Kier molecular flexibility index (Phi) is 6.25. The van der Waals surface area contributed by atoms with Gasteiger partial charge in [-0.05, 0) is 25.1 Å². The number of aliphatic hydroxyl groups is 1. The first kappa shape index (κ1) is 19.4. The second-order valence-corrected chi connectivity index (χ2v) is 5.71. The van der Waals surface area contributed by atoms with Gasteiger partial charge in [-0.25, -0.2) is 14.8 Å². The molecule has 3 aromatic rings. The molecular formula is C18H18FN5O4. The molecule has 0 aromatic carbocycles. The van der Waals surface area contributed by atoms with Gasteiger partial charge in [0.1, 0.15) is 23.9 Å². The molecule has 3 heterocycles. The zero-order valence-electron chi connectivity index (χ0n) is 15.0. The van der Waals surface area contributed by atoms with Gasteiger partial charge in [0.2, 0.25) is 5.88 Å². The van der Waals surface area contributed by atoms with Crippen LogP contribution in [0, 0.1) is 12.7 Å². The lowest BCUT2D eigenvalue weighted by molar-refractivity contribution is 0.0929. The van der Waals surface area contributed by atoms with Gasteiger partial charge in [-0.3, -0.25) is 15.2 Å². The molecule has 146 valence electrons. The number of hydrogen-bond acceptors (Lipinski definition) is 8. The summed E-state index contributed by atoms with van der Waals surface area (Å²) in [5.74, 6) is 0.0271. The highest BCUT2D eigenvalue weighted by molar-refractivity contribution is 5.93. The van der Waals surface area contributed by atoms with Crippen LogP contribution in [-0.2, 0) is 6.61 Å². The first-order chi connectivity index (χ1) is 13.6. The number of hydrogen-bond donors (Lipinski definition) is 3. The third-order valence-electron chi connectivity index (χ3n) is 3.76. The van der Waals surface area contributed by atoms with Crippen LogP contribution in [0.15, 0.2) is 41.2 Å². The molecule has 0 unspecified atom stereocenters. The molecular weight excluding hydrogens is 369 g/mol. The SMILES string of the molecule is Cc1onc(-c2ccc(F)cn2)c1COc1ccc(C(=O)NNCCO)cn1. The molecule has 1 amide bonds. The van der Waals surface area contributed by atoms with Crippen LogP contribution in [0.25, 0.3) is 11.4 Å². The van der Waals surface area contributed by atoms with Crippen molar-refractivity contribution < 1.29 is 23.6 Å². The van der Waals surface area contributed by atoms with Crippen molar-refractivity contribution in [3.63, 3.8) is 0 Å². The minimum absolute atomic E-state index is 0.0942. The highest BCUT2D eigenvalue weighted by atomic mass is 19.1. The maximum Gasteiger partial charge on any atom is 0.266 e. The van der Waals surface area contributed by atoms with Crippen molar-refractivity contribution in [2.24, 2.45) is 0 Å². The molecule has 0 atom stereocenters. The molecule has 10 heteroatoms. The van der Waals surface area contributed by atoms with Crippen LogP contribution in [-0.4, -0.2) is 39.3 Å². The van der Waals surface area contributed by atoms with Gasteiger partial charge >= 0.3 is 0 Å². The van der Waals surface area contributed by atoms with Crippen molar-refractivity contribution in [1.82, 2.24) is 26.0 Å². The van der Waals surface area contributed by atoms with E-state index in [-0.39, 0.29) is 25.7 Å². The molecule has 0 spiro atoms. The number of aromatic nitrogens is 3. The number of ether oxygens (including phenoxy) is 1. The maximum absolute atomic E-state index is 13.1. The summed E-state index contributed by atoms with van der Waals surface area (Å²) >= 11 is 0. The quantitative estimate of drug-likeness (QED) is 0.391. The van der Waals surface area contributed by atoms with E-state index < -0.39 is 5.82 Å². The van der Waals surface area contributed by atoms with E-state index in [0.717, 1.165) is 6.20 Å². The molecule has 0 aliphatic heterocycles. The largest absolute Gasteiger partial charge is 0.473 e. The smallest absolute Gasteiger partial charge is 0.266 e. The lowest BCUT2D eigenvalue weighted by Crippen LogP contribution is -2.39. The Hall–Kier alpha value is -3.37. The molecule has 0 saturated carbocycles. The number of halogens is 1. The predicted octanol–water partition coefficient (Wildman–Crippen LogP) is 1.38. The molecule has 3 N–H and O–H groups in total. The van der Waals surface area contributed by atoms with Gasteiger partial charge in [-0.2, -0.15) is 0 Å². The van der Waals surface area contributed by atoms with Gasteiger partial charge in [0, 0.05) is 18.8 Å². The van der Waals surface area contributed by atoms with E-state index in [0.29, 0.717) is 34.2 Å². The first-order valence-corrected chi connectivity index (χ1v) is 8.38.